The molecule has 1 unspecified atom stereocenters. The van der Waals surface area contributed by atoms with Crippen LogP contribution < -0.4 is 5.32 Å². The van der Waals surface area contributed by atoms with Crippen LogP contribution in [0.4, 0.5) is 24.5 Å². The van der Waals surface area contributed by atoms with Gasteiger partial charge in [-0.1, -0.05) is 6.07 Å². The lowest BCUT2D eigenvalue weighted by atomic mass is 9.98. The van der Waals surface area contributed by atoms with Crippen molar-refractivity contribution in [2.75, 3.05) is 11.9 Å². The van der Waals surface area contributed by atoms with E-state index in [9.17, 15) is 28.1 Å². The lowest BCUT2D eigenvalue weighted by Crippen LogP contribution is -2.28. The van der Waals surface area contributed by atoms with Crippen molar-refractivity contribution in [3.05, 3.63) is 69.0 Å². The summed E-state index contributed by atoms with van der Waals surface area (Å²) in [6.07, 6.45) is 0.327. The molecular weight excluding hydrogens is 363 g/mol. The van der Waals surface area contributed by atoms with Gasteiger partial charge in [0.25, 0.3) is 5.69 Å². The smallest absolute Gasteiger partial charge is 0.275 e. The molecule has 0 radical (unpaired) electrons. The van der Waals surface area contributed by atoms with Gasteiger partial charge in [-0.3, -0.25) is 14.9 Å². The van der Waals surface area contributed by atoms with Gasteiger partial charge in [-0.15, -0.1) is 0 Å². The quantitative estimate of drug-likeness (QED) is 0.648. The van der Waals surface area contributed by atoms with Crippen molar-refractivity contribution in [2.24, 2.45) is 0 Å². The summed E-state index contributed by atoms with van der Waals surface area (Å²) >= 11 is 0. The Morgan fingerprint density at radius 3 is 2.48 bits per heavy atom. The molecule has 0 aromatic heterocycles. The molecular formula is C18H16F3N3O3. The molecule has 0 aliphatic carbocycles. The normalized spacial score (nSPS) is 16.4. The Kier molecular flexibility index (Phi) is 5.02. The second-order valence-electron chi connectivity index (χ2n) is 6.31. The standard InChI is InChI=1S/C18H16F3N3O3/c1-10(25)23-5-4-17(14-3-2-12(19)6-11(14)9-23)22-18-15(20)7-13(24(26)27)8-16(18)21/h2-3,6-8,17,22H,4-5,9H2,1H3. The van der Waals surface area contributed by atoms with E-state index in [-0.39, 0.29) is 12.5 Å². The highest BCUT2D eigenvalue weighted by atomic mass is 19.1. The number of benzene rings is 2. The van der Waals surface area contributed by atoms with E-state index in [1.54, 1.807) is 0 Å². The number of amides is 1. The number of anilines is 1. The van der Waals surface area contributed by atoms with Crippen molar-refractivity contribution in [2.45, 2.75) is 25.9 Å². The third kappa shape index (κ3) is 3.86. The summed E-state index contributed by atoms with van der Waals surface area (Å²) in [6.45, 7) is 1.88. The van der Waals surface area contributed by atoms with Crippen LogP contribution in [0.5, 0.6) is 0 Å². The van der Waals surface area contributed by atoms with E-state index in [2.05, 4.69) is 5.32 Å². The number of rotatable bonds is 3. The van der Waals surface area contributed by atoms with Gasteiger partial charge in [0.15, 0.2) is 11.6 Å². The lowest BCUT2D eigenvalue weighted by molar-refractivity contribution is -0.385. The zero-order valence-electron chi connectivity index (χ0n) is 14.3. The maximum Gasteiger partial charge on any atom is 0.275 e. The number of halogens is 3. The Morgan fingerprint density at radius 1 is 1.22 bits per heavy atom. The molecule has 1 amide bonds. The van der Waals surface area contributed by atoms with Gasteiger partial charge in [0, 0.05) is 20.0 Å². The molecule has 142 valence electrons. The first-order valence-corrected chi connectivity index (χ1v) is 8.20. The van der Waals surface area contributed by atoms with E-state index in [1.165, 1.54) is 30.0 Å². The maximum atomic E-state index is 14.2. The van der Waals surface area contributed by atoms with Crippen LogP contribution in [0.2, 0.25) is 0 Å². The summed E-state index contributed by atoms with van der Waals surface area (Å²) in [7, 11) is 0. The van der Waals surface area contributed by atoms with Gasteiger partial charge < -0.3 is 10.2 Å². The number of nitro groups is 1. The van der Waals surface area contributed by atoms with Crippen molar-refractivity contribution >= 4 is 17.3 Å². The molecule has 1 atom stereocenters. The van der Waals surface area contributed by atoms with Crippen LogP contribution >= 0.6 is 0 Å². The number of carbonyl (C=O) groups excluding carboxylic acids is 1. The monoisotopic (exact) mass is 379 g/mol. The molecule has 0 saturated heterocycles. The first-order valence-electron chi connectivity index (χ1n) is 8.20. The predicted molar refractivity (Wildman–Crippen MR) is 91.5 cm³/mol. The molecule has 2 aromatic rings. The number of hydrogen-bond donors (Lipinski definition) is 1. The van der Waals surface area contributed by atoms with E-state index >= 15 is 0 Å². The highest BCUT2D eigenvalue weighted by Crippen LogP contribution is 2.33. The zero-order chi connectivity index (χ0) is 19.7. The van der Waals surface area contributed by atoms with Crippen LogP contribution in [0, 0.1) is 27.6 Å². The molecule has 3 rings (SSSR count). The fourth-order valence-electron chi connectivity index (χ4n) is 3.17. The average Bonchev–Trinajstić information content (AvgIpc) is 2.77. The highest BCUT2D eigenvalue weighted by molar-refractivity contribution is 5.73. The van der Waals surface area contributed by atoms with E-state index in [4.69, 9.17) is 0 Å². The fraction of sp³-hybridized carbons (Fsp3) is 0.278. The molecule has 2 aromatic carbocycles. The summed E-state index contributed by atoms with van der Waals surface area (Å²) in [4.78, 5) is 23.1. The molecule has 0 fully saturated rings. The Bertz CT molecular complexity index is 897. The van der Waals surface area contributed by atoms with Crippen molar-refractivity contribution < 1.29 is 22.9 Å². The second kappa shape index (κ2) is 7.26. The van der Waals surface area contributed by atoms with Crippen LogP contribution in [0.3, 0.4) is 0 Å². The molecule has 0 saturated carbocycles. The number of nitrogens with one attached hydrogen (secondary N) is 1. The van der Waals surface area contributed by atoms with Crippen LogP contribution in [0.15, 0.2) is 30.3 Å². The van der Waals surface area contributed by atoms with Crippen molar-refractivity contribution in [1.29, 1.82) is 0 Å². The van der Waals surface area contributed by atoms with Gasteiger partial charge >= 0.3 is 0 Å². The molecule has 1 aliphatic heterocycles. The molecule has 6 nitrogen and oxygen atoms in total. The van der Waals surface area contributed by atoms with Gasteiger partial charge in [-0.25, -0.2) is 13.2 Å². The molecule has 9 heteroatoms. The third-order valence-electron chi connectivity index (χ3n) is 4.53. The van der Waals surface area contributed by atoms with E-state index in [0.717, 1.165) is 0 Å². The van der Waals surface area contributed by atoms with Gasteiger partial charge in [-0.05, 0) is 29.7 Å². The largest absolute Gasteiger partial charge is 0.373 e. The Hall–Kier alpha value is -3.10. The molecule has 1 heterocycles. The highest BCUT2D eigenvalue weighted by Gasteiger charge is 2.26. The average molecular weight is 379 g/mol. The molecule has 27 heavy (non-hydrogen) atoms. The topological polar surface area (TPSA) is 75.5 Å². The SMILES string of the molecule is CC(=O)N1CCC(Nc2c(F)cc([N+](=O)[O-])cc2F)c2ccc(F)cc2C1. The number of non-ortho nitro benzene ring substituents is 1. The van der Waals surface area contributed by atoms with Crippen LogP contribution in [-0.4, -0.2) is 22.3 Å². The van der Waals surface area contributed by atoms with E-state index in [1.807, 2.05) is 0 Å². The summed E-state index contributed by atoms with van der Waals surface area (Å²) in [5, 5.41) is 13.5. The van der Waals surface area contributed by atoms with Crippen LogP contribution in [0.25, 0.3) is 0 Å². The molecule has 1 N–H and O–H groups in total. The first-order chi connectivity index (χ1) is 12.8. The molecule has 0 spiro atoms. The first kappa shape index (κ1) is 18.7. The van der Waals surface area contributed by atoms with Crippen molar-refractivity contribution in [3.8, 4) is 0 Å². The number of fused-ring (bicyclic) bond motifs is 1. The predicted octanol–water partition coefficient (Wildman–Crippen LogP) is 3.92. The number of hydrogen-bond acceptors (Lipinski definition) is 4. The minimum absolute atomic E-state index is 0.186. The lowest BCUT2D eigenvalue weighted by Gasteiger charge is -2.21. The Morgan fingerprint density at radius 2 is 1.89 bits per heavy atom. The molecule has 0 bridgehead atoms. The number of nitrogens with zero attached hydrogens (tertiary/aromatic N) is 2. The van der Waals surface area contributed by atoms with Crippen molar-refractivity contribution in [1.82, 2.24) is 4.90 Å². The second-order valence-corrected chi connectivity index (χ2v) is 6.31. The minimum atomic E-state index is -1.10. The summed E-state index contributed by atoms with van der Waals surface area (Å²) in [6, 6.07) is 4.70. The number of carbonyl (C=O) groups is 1. The van der Waals surface area contributed by atoms with Gasteiger partial charge in [-0.2, -0.15) is 0 Å². The fourth-order valence-corrected chi connectivity index (χ4v) is 3.17. The number of nitro benzene ring substituents is 1. The van der Waals surface area contributed by atoms with Crippen molar-refractivity contribution in [3.63, 3.8) is 0 Å². The van der Waals surface area contributed by atoms with Crippen LogP contribution in [0.1, 0.15) is 30.5 Å². The molecule has 1 aliphatic rings. The Labute approximate surface area is 152 Å². The zero-order valence-corrected chi connectivity index (χ0v) is 14.3. The summed E-state index contributed by atoms with van der Waals surface area (Å²) < 4.78 is 42.1. The van der Waals surface area contributed by atoms with E-state index in [0.29, 0.717) is 36.2 Å². The Balaban J connectivity index is 1.98. The summed E-state index contributed by atoms with van der Waals surface area (Å²) in [5.74, 6) is -2.87. The minimum Gasteiger partial charge on any atom is -0.373 e. The van der Waals surface area contributed by atoms with Crippen LogP contribution in [-0.2, 0) is 11.3 Å². The third-order valence-corrected chi connectivity index (χ3v) is 4.53. The van der Waals surface area contributed by atoms with Gasteiger partial charge in [0.1, 0.15) is 11.5 Å². The summed E-state index contributed by atoms with van der Waals surface area (Å²) in [5.41, 5.74) is -0.0565. The van der Waals surface area contributed by atoms with E-state index < -0.39 is 39.8 Å². The maximum absolute atomic E-state index is 14.2. The van der Waals surface area contributed by atoms with Gasteiger partial charge in [0.05, 0.1) is 23.1 Å². The van der Waals surface area contributed by atoms with Gasteiger partial charge in [0.2, 0.25) is 5.91 Å².